The monoisotopic (exact) mass is 160 g/mol. The molecule has 0 aliphatic carbocycles. The van der Waals surface area contributed by atoms with Crippen molar-refractivity contribution in [3.05, 3.63) is 0 Å². The van der Waals surface area contributed by atoms with Crippen LogP contribution < -0.4 is 16.6 Å². The molecule has 68 valence electrons. The van der Waals surface area contributed by atoms with Crippen LogP contribution in [-0.4, -0.2) is 37.7 Å². The summed E-state index contributed by atoms with van der Waals surface area (Å²) in [5.74, 6) is 0. The van der Waals surface area contributed by atoms with Crippen molar-refractivity contribution in [1.29, 1.82) is 0 Å². The van der Waals surface area contributed by atoms with Crippen molar-refractivity contribution in [3.63, 3.8) is 0 Å². The van der Waals surface area contributed by atoms with E-state index in [1.807, 2.05) is 14.0 Å². The van der Waals surface area contributed by atoms with E-state index in [9.17, 15) is 0 Å². The maximum absolute atomic E-state index is 5.71. The molecule has 0 amide bonds. The molecule has 0 saturated heterocycles. The fourth-order valence-electron chi connectivity index (χ4n) is 0.974. The molecule has 0 aliphatic rings. The van der Waals surface area contributed by atoms with Gasteiger partial charge in [0.25, 0.3) is 0 Å². The lowest BCUT2D eigenvalue weighted by atomic mass is 10.4. The first kappa shape index (κ1) is 10.8. The lowest BCUT2D eigenvalue weighted by molar-refractivity contribution is 0.222. The molecule has 4 heteroatoms. The van der Waals surface area contributed by atoms with E-state index in [0.29, 0.717) is 0 Å². The number of nitrogens with zero attached hydrogens (tertiary/aromatic N) is 1. The Labute approximate surface area is 69.1 Å². The van der Waals surface area contributed by atoms with Crippen molar-refractivity contribution in [2.75, 3.05) is 26.7 Å². The molecule has 0 aromatic heterocycles. The molecule has 0 heterocycles. The Morgan fingerprint density at radius 3 is 2.55 bits per heavy atom. The standard InChI is InChI=1S/C7H20N4/c1-4-11(7(2)8)6-5-10-9-3/h7,9-10H,4-6,8H2,1-3H3. The minimum Gasteiger partial charge on any atom is -0.316 e. The molecule has 0 aromatic rings. The Kier molecular flexibility index (Phi) is 6.45. The van der Waals surface area contributed by atoms with E-state index in [1.54, 1.807) is 0 Å². The molecule has 0 spiro atoms. The van der Waals surface area contributed by atoms with Gasteiger partial charge in [-0.15, -0.1) is 0 Å². The molecule has 0 rings (SSSR count). The molecular weight excluding hydrogens is 140 g/mol. The molecule has 0 aromatic carbocycles. The van der Waals surface area contributed by atoms with E-state index in [2.05, 4.69) is 22.7 Å². The summed E-state index contributed by atoms with van der Waals surface area (Å²) in [4.78, 5) is 2.20. The third-order valence-corrected chi connectivity index (χ3v) is 1.68. The van der Waals surface area contributed by atoms with Crippen LogP contribution in [0.25, 0.3) is 0 Å². The van der Waals surface area contributed by atoms with Crippen molar-refractivity contribution in [2.24, 2.45) is 5.73 Å². The van der Waals surface area contributed by atoms with Crippen LogP contribution in [0, 0.1) is 0 Å². The molecule has 4 nitrogen and oxygen atoms in total. The number of nitrogens with one attached hydrogen (secondary N) is 2. The Hall–Kier alpha value is -0.160. The van der Waals surface area contributed by atoms with Crippen LogP contribution in [0.15, 0.2) is 0 Å². The van der Waals surface area contributed by atoms with Crippen molar-refractivity contribution >= 4 is 0 Å². The number of rotatable bonds is 6. The third kappa shape index (κ3) is 5.15. The number of likely N-dealkylation sites (N-methyl/N-ethyl adjacent to an activating group) is 1. The lowest BCUT2D eigenvalue weighted by Gasteiger charge is -2.24. The predicted octanol–water partition coefficient (Wildman–Crippen LogP) is -0.663. The first-order valence-corrected chi connectivity index (χ1v) is 4.11. The molecule has 1 unspecified atom stereocenters. The Balaban J connectivity index is 3.36. The van der Waals surface area contributed by atoms with E-state index in [0.717, 1.165) is 19.6 Å². The average molecular weight is 160 g/mol. The van der Waals surface area contributed by atoms with Gasteiger partial charge in [0.2, 0.25) is 0 Å². The lowest BCUT2D eigenvalue weighted by Crippen LogP contribution is -2.44. The molecule has 0 bridgehead atoms. The number of hydrogen-bond acceptors (Lipinski definition) is 4. The molecule has 0 fully saturated rings. The van der Waals surface area contributed by atoms with E-state index < -0.39 is 0 Å². The quantitative estimate of drug-likeness (QED) is 0.274. The molecule has 4 N–H and O–H groups in total. The van der Waals surface area contributed by atoms with Gasteiger partial charge in [0.05, 0.1) is 6.17 Å². The van der Waals surface area contributed by atoms with Gasteiger partial charge in [0.1, 0.15) is 0 Å². The van der Waals surface area contributed by atoms with Gasteiger partial charge in [-0.1, -0.05) is 6.92 Å². The third-order valence-electron chi connectivity index (χ3n) is 1.68. The summed E-state index contributed by atoms with van der Waals surface area (Å²) in [6.07, 6.45) is 0.152. The van der Waals surface area contributed by atoms with E-state index in [-0.39, 0.29) is 6.17 Å². The molecule has 0 aliphatic heterocycles. The zero-order valence-electron chi connectivity index (χ0n) is 7.72. The normalized spacial score (nSPS) is 13.9. The Morgan fingerprint density at radius 1 is 1.55 bits per heavy atom. The summed E-state index contributed by atoms with van der Waals surface area (Å²) in [6.45, 7) is 7.02. The van der Waals surface area contributed by atoms with Crippen molar-refractivity contribution in [1.82, 2.24) is 15.8 Å². The Bertz CT molecular complexity index is 84.5. The highest BCUT2D eigenvalue weighted by molar-refractivity contribution is 4.59. The van der Waals surface area contributed by atoms with Gasteiger partial charge in [0, 0.05) is 13.1 Å². The summed E-state index contributed by atoms with van der Waals surface area (Å²) in [7, 11) is 1.86. The average Bonchev–Trinajstić information content (AvgIpc) is 1.97. The van der Waals surface area contributed by atoms with Crippen LogP contribution in [0.3, 0.4) is 0 Å². The summed E-state index contributed by atoms with van der Waals surface area (Å²) >= 11 is 0. The summed E-state index contributed by atoms with van der Waals surface area (Å²) < 4.78 is 0. The van der Waals surface area contributed by atoms with Gasteiger partial charge < -0.3 is 5.73 Å². The molecule has 1 atom stereocenters. The van der Waals surface area contributed by atoms with Crippen molar-refractivity contribution in [2.45, 2.75) is 20.0 Å². The molecule has 0 saturated carbocycles. The summed E-state index contributed by atoms with van der Waals surface area (Å²) in [5.41, 5.74) is 11.6. The van der Waals surface area contributed by atoms with Crippen LogP contribution in [0.5, 0.6) is 0 Å². The first-order valence-electron chi connectivity index (χ1n) is 4.11. The van der Waals surface area contributed by atoms with Crippen LogP contribution in [0.1, 0.15) is 13.8 Å². The van der Waals surface area contributed by atoms with Gasteiger partial charge in [-0.25, -0.2) is 0 Å². The predicted molar refractivity (Wildman–Crippen MR) is 48.0 cm³/mol. The zero-order valence-corrected chi connectivity index (χ0v) is 7.72. The van der Waals surface area contributed by atoms with E-state index in [4.69, 9.17) is 5.73 Å². The topological polar surface area (TPSA) is 53.3 Å². The van der Waals surface area contributed by atoms with Gasteiger partial charge in [-0.3, -0.25) is 15.8 Å². The second kappa shape index (κ2) is 6.54. The summed E-state index contributed by atoms with van der Waals surface area (Å²) in [6, 6.07) is 0. The fraction of sp³-hybridized carbons (Fsp3) is 1.00. The van der Waals surface area contributed by atoms with Crippen LogP contribution in [0.2, 0.25) is 0 Å². The Morgan fingerprint density at radius 2 is 2.18 bits per heavy atom. The molecule has 0 radical (unpaired) electrons. The largest absolute Gasteiger partial charge is 0.316 e. The van der Waals surface area contributed by atoms with Gasteiger partial charge >= 0.3 is 0 Å². The van der Waals surface area contributed by atoms with E-state index in [1.165, 1.54) is 0 Å². The van der Waals surface area contributed by atoms with Gasteiger partial charge in [-0.05, 0) is 20.5 Å². The van der Waals surface area contributed by atoms with Crippen LogP contribution >= 0.6 is 0 Å². The zero-order chi connectivity index (χ0) is 8.69. The minimum atomic E-state index is 0.152. The van der Waals surface area contributed by atoms with E-state index >= 15 is 0 Å². The van der Waals surface area contributed by atoms with Crippen LogP contribution in [-0.2, 0) is 0 Å². The minimum absolute atomic E-state index is 0.152. The van der Waals surface area contributed by atoms with Gasteiger partial charge in [0.15, 0.2) is 0 Å². The summed E-state index contributed by atoms with van der Waals surface area (Å²) in [5, 5.41) is 0. The number of hydrazine groups is 1. The smallest absolute Gasteiger partial charge is 0.0543 e. The highest BCUT2D eigenvalue weighted by atomic mass is 15.3. The second-order valence-electron chi connectivity index (χ2n) is 2.55. The SMILES string of the molecule is CCN(CCNNC)C(C)N. The first-order chi connectivity index (χ1) is 5.22. The van der Waals surface area contributed by atoms with Crippen LogP contribution in [0.4, 0.5) is 0 Å². The maximum Gasteiger partial charge on any atom is 0.0543 e. The van der Waals surface area contributed by atoms with Crippen molar-refractivity contribution in [3.8, 4) is 0 Å². The highest BCUT2D eigenvalue weighted by Crippen LogP contribution is 1.89. The maximum atomic E-state index is 5.71. The molecule has 11 heavy (non-hydrogen) atoms. The van der Waals surface area contributed by atoms with Gasteiger partial charge in [-0.2, -0.15) is 0 Å². The molecular formula is C7H20N4. The fourth-order valence-corrected chi connectivity index (χ4v) is 0.974. The second-order valence-corrected chi connectivity index (χ2v) is 2.55. The number of nitrogens with two attached hydrogens (primary N) is 1. The highest BCUT2D eigenvalue weighted by Gasteiger charge is 2.04. The number of hydrogen-bond donors (Lipinski definition) is 3. The van der Waals surface area contributed by atoms with Crippen molar-refractivity contribution < 1.29 is 0 Å².